The fourth-order valence-electron chi connectivity index (χ4n) is 2.43. The molecule has 1 rings (SSSR count). The van der Waals surface area contributed by atoms with Gasteiger partial charge >= 0.3 is 0 Å². The Kier molecular flexibility index (Phi) is 7.82. The van der Waals surface area contributed by atoms with Crippen LogP contribution in [0.3, 0.4) is 0 Å². The van der Waals surface area contributed by atoms with Crippen LogP contribution in [-0.4, -0.2) is 36.1 Å². The number of aliphatic hydroxyl groups is 2. The fourth-order valence-corrected chi connectivity index (χ4v) is 2.43. The fraction of sp³-hybridized carbons (Fsp3) is 0.647. The highest BCUT2D eigenvalue weighted by Gasteiger charge is 2.19. The van der Waals surface area contributed by atoms with E-state index in [0.717, 1.165) is 12.0 Å². The summed E-state index contributed by atoms with van der Waals surface area (Å²) in [7, 11) is 0. The van der Waals surface area contributed by atoms with Gasteiger partial charge in [0.2, 0.25) is 0 Å². The summed E-state index contributed by atoms with van der Waals surface area (Å²) < 4.78 is 5.60. The van der Waals surface area contributed by atoms with Crippen molar-refractivity contribution in [1.29, 1.82) is 0 Å². The van der Waals surface area contributed by atoms with Gasteiger partial charge in [0.05, 0.1) is 19.3 Å². The van der Waals surface area contributed by atoms with Crippen molar-refractivity contribution in [3.63, 3.8) is 0 Å². The average Bonchev–Trinajstić information content (AvgIpc) is 2.40. The first-order valence-electron chi connectivity index (χ1n) is 7.46. The molecule has 3 unspecified atom stereocenters. The van der Waals surface area contributed by atoms with Gasteiger partial charge in [-0.15, -0.1) is 0 Å². The van der Waals surface area contributed by atoms with E-state index in [4.69, 9.17) is 4.74 Å². The molecule has 3 nitrogen and oxygen atoms in total. The van der Waals surface area contributed by atoms with Crippen molar-refractivity contribution < 1.29 is 14.9 Å². The molecule has 0 aliphatic heterocycles. The largest absolute Gasteiger partial charge is 0.396 e. The van der Waals surface area contributed by atoms with Crippen LogP contribution in [0, 0.1) is 11.8 Å². The summed E-state index contributed by atoms with van der Waals surface area (Å²) in [6, 6.07) is 10.0. The van der Waals surface area contributed by atoms with Gasteiger partial charge < -0.3 is 14.9 Å². The average molecular weight is 280 g/mol. The maximum Gasteiger partial charge on any atom is 0.0776 e. The van der Waals surface area contributed by atoms with E-state index < -0.39 is 6.10 Å². The monoisotopic (exact) mass is 280 g/mol. The summed E-state index contributed by atoms with van der Waals surface area (Å²) in [5.74, 6) is 0.771. The molecule has 1 aromatic rings. The summed E-state index contributed by atoms with van der Waals surface area (Å²) in [6.45, 7) is 7.28. The van der Waals surface area contributed by atoms with Crippen LogP contribution in [0.2, 0.25) is 0 Å². The maximum absolute atomic E-state index is 9.77. The molecular formula is C17H28O3. The molecule has 0 radical (unpaired) electrons. The summed E-state index contributed by atoms with van der Waals surface area (Å²) >= 11 is 0. The molecule has 0 saturated carbocycles. The molecule has 20 heavy (non-hydrogen) atoms. The lowest BCUT2D eigenvalue weighted by Gasteiger charge is -2.23. The maximum atomic E-state index is 9.77. The zero-order valence-electron chi connectivity index (χ0n) is 12.8. The Hall–Kier alpha value is -0.900. The quantitative estimate of drug-likeness (QED) is 0.731. The van der Waals surface area contributed by atoms with Gasteiger partial charge in [-0.2, -0.15) is 0 Å². The van der Waals surface area contributed by atoms with E-state index in [1.54, 1.807) is 0 Å². The van der Waals surface area contributed by atoms with E-state index in [1.807, 2.05) is 30.3 Å². The Morgan fingerprint density at radius 1 is 1.05 bits per heavy atom. The van der Waals surface area contributed by atoms with Gasteiger partial charge in [-0.05, 0) is 23.8 Å². The predicted molar refractivity (Wildman–Crippen MR) is 81.7 cm³/mol. The van der Waals surface area contributed by atoms with Gasteiger partial charge in [0.25, 0.3) is 0 Å². The molecule has 0 amide bonds. The van der Waals surface area contributed by atoms with Crippen LogP contribution < -0.4 is 0 Å². The summed E-state index contributed by atoms with van der Waals surface area (Å²) in [4.78, 5) is 0. The van der Waals surface area contributed by atoms with Crippen LogP contribution in [0.15, 0.2) is 30.3 Å². The topological polar surface area (TPSA) is 49.7 Å². The zero-order chi connectivity index (χ0) is 15.0. The van der Waals surface area contributed by atoms with E-state index in [-0.39, 0.29) is 18.4 Å². The van der Waals surface area contributed by atoms with Crippen LogP contribution in [0.25, 0.3) is 0 Å². The molecule has 3 heteroatoms. The highest BCUT2D eigenvalue weighted by atomic mass is 16.5. The first kappa shape index (κ1) is 17.2. The Morgan fingerprint density at radius 3 is 2.25 bits per heavy atom. The number of aliphatic hydroxyl groups excluding tert-OH is 2. The minimum absolute atomic E-state index is 0.0819. The molecule has 0 aliphatic carbocycles. The normalized spacial score (nSPS) is 16.1. The molecule has 0 heterocycles. The molecule has 0 aromatic heterocycles. The first-order valence-corrected chi connectivity index (χ1v) is 7.46. The van der Waals surface area contributed by atoms with Gasteiger partial charge in [-0.25, -0.2) is 0 Å². The molecule has 1 aromatic carbocycles. The molecule has 2 N–H and O–H groups in total. The third-order valence-corrected chi connectivity index (χ3v) is 3.55. The number of benzene rings is 1. The van der Waals surface area contributed by atoms with Crippen molar-refractivity contribution in [3.8, 4) is 0 Å². The van der Waals surface area contributed by atoms with Crippen LogP contribution in [0.4, 0.5) is 0 Å². The predicted octanol–water partition coefficient (Wildman–Crippen LogP) is 2.82. The van der Waals surface area contributed by atoms with Crippen molar-refractivity contribution in [2.45, 2.75) is 39.2 Å². The van der Waals surface area contributed by atoms with Crippen molar-refractivity contribution in [3.05, 3.63) is 35.9 Å². The van der Waals surface area contributed by atoms with Crippen LogP contribution in [-0.2, 0) is 4.74 Å². The minimum Gasteiger partial charge on any atom is -0.396 e. The highest BCUT2D eigenvalue weighted by Crippen LogP contribution is 2.24. The summed E-state index contributed by atoms with van der Waals surface area (Å²) in [6.07, 6.45) is 0.364. The smallest absolute Gasteiger partial charge is 0.0776 e. The third-order valence-electron chi connectivity index (χ3n) is 3.55. The molecular weight excluding hydrogens is 252 g/mol. The molecule has 0 aliphatic rings. The number of hydrogen-bond donors (Lipinski definition) is 2. The van der Waals surface area contributed by atoms with Crippen LogP contribution in [0.5, 0.6) is 0 Å². The molecule has 0 spiro atoms. The molecule has 0 fully saturated rings. The van der Waals surface area contributed by atoms with Crippen molar-refractivity contribution in [1.82, 2.24) is 0 Å². The first-order chi connectivity index (χ1) is 9.54. The van der Waals surface area contributed by atoms with Crippen LogP contribution >= 0.6 is 0 Å². The molecule has 0 bridgehead atoms. The van der Waals surface area contributed by atoms with Gasteiger partial charge in [0, 0.05) is 12.5 Å². The van der Waals surface area contributed by atoms with Crippen molar-refractivity contribution in [2.75, 3.05) is 19.8 Å². The van der Waals surface area contributed by atoms with E-state index in [9.17, 15) is 10.2 Å². The number of rotatable bonds is 9. The van der Waals surface area contributed by atoms with Gasteiger partial charge in [-0.3, -0.25) is 0 Å². The second kappa shape index (κ2) is 9.11. The highest BCUT2D eigenvalue weighted by molar-refractivity contribution is 5.20. The second-order valence-corrected chi connectivity index (χ2v) is 6.00. The lowest BCUT2D eigenvalue weighted by molar-refractivity contribution is 0.00841. The van der Waals surface area contributed by atoms with Gasteiger partial charge in [0.15, 0.2) is 0 Å². The zero-order valence-corrected chi connectivity index (χ0v) is 12.8. The minimum atomic E-state index is -0.397. The summed E-state index contributed by atoms with van der Waals surface area (Å²) in [5, 5.41) is 19.3. The van der Waals surface area contributed by atoms with E-state index in [1.165, 1.54) is 0 Å². The van der Waals surface area contributed by atoms with Gasteiger partial charge in [0.1, 0.15) is 0 Å². The molecule has 3 atom stereocenters. The lowest BCUT2D eigenvalue weighted by atomic mass is 9.88. The Labute approximate surface area is 122 Å². The van der Waals surface area contributed by atoms with Crippen molar-refractivity contribution in [2.24, 2.45) is 11.8 Å². The second-order valence-electron chi connectivity index (χ2n) is 6.00. The SMILES string of the molecule is CC(C)CC(O)COCC(C)C(CO)c1ccccc1. The Morgan fingerprint density at radius 2 is 1.70 bits per heavy atom. The molecule has 114 valence electrons. The lowest BCUT2D eigenvalue weighted by Crippen LogP contribution is -2.23. The standard InChI is InChI=1S/C17H28O3/c1-13(2)9-16(19)12-20-11-14(3)17(10-18)15-7-5-4-6-8-15/h4-8,13-14,16-19H,9-12H2,1-3H3. The van der Waals surface area contributed by atoms with Crippen LogP contribution in [0.1, 0.15) is 38.7 Å². The Balaban J connectivity index is 2.39. The third kappa shape index (κ3) is 6.04. The van der Waals surface area contributed by atoms with E-state index in [0.29, 0.717) is 19.1 Å². The number of ether oxygens (including phenoxy) is 1. The van der Waals surface area contributed by atoms with Crippen molar-refractivity contribution >= 4 is 0 Å². The Bertz CT molecular complexity index is 351. The molecule has 0 saturated heterocycles. The van der Waals surface area contributed by atoms with E-state index in [2.05, 4.69) is 20.8 Å². The van der Waals surface area contributed by atoms with E-state index >= 15 is 0 Å². The van der Waals surface area contributed by atoms with Gasteiger partial charge in [-0.1, -0.05) is 51.1 Å². The summed E-state index contributed by atoms with van der Waals surface area (Å²) in [5.41, 5.74) is 1.13. The number of hydrogen-bond acceptors (Lipinski definition) is 3.